The first-order valence-corrected chi connectivity index (χ1v) is 17.4. The van der Waals surface area contributed by atoms with Crippen molar-refractivity contribution in [3.63, 3.8) is 0 Å². The summed E-state index contributed by atoms with van der Waals surface area (Å²) >= 11 is 0. The van der Waals surface area contributed by atoms with E-state index in [1.165, 1.54) is 114 Å². The third kappa shape index (κ3) is 13.5. The second kappa shape index (κ2) is 21.7. The summed E-state index contributed by atoms with van der Waals surface area (Å²) in [7, 11) is 0. The van der Waals surface area contributed by atoms with E-state index in [4.69, 9.17) is 9.47 Å². The Hall–Kier alpha value is -2.94. The molecule has 0 spiro atoms. The van der Waals surface area contributed by atoms with Gasteiger partial charge in [0.1, 0.15) is 30.5 Å². The molecule has 236 valence electrons. The van der Waals surface area contributed by atoms with E-state index in [-0.39, 0.29) is 5.75 Å². The SMILES string of the molecule is CCCCCCCCCCc1ccccc1OCc1cccc(O)c1COc1ccccc1CCCCCCCCCC. The highest BCUT2D eigenvalue weighted by Gasteiger charge is 2.12. The van der Waals surface area contributed by atoms with Crippen LogP contribution in [0, 0.1) is 0 Å². The maximum absolute atomic E-state index is 10.8. The lowest BCUT2D eigenvalue weighted by atomic mass is 10.0. The van der Waals surface area contributed by atoms with Crippen molar-refractivity contribution >= 4 is 0 Å². The lowest BCUT2D eigenvalue weighted by Crippen LogP contribution is -2.06. The van der Waals surface area contributed by atoms with E-state index < -0.39 is 0 Å². The maximum Gasteiger partial charge on any atom is 0.123 e. The Balaban J connectivity index is 1.50. The Bertz CT molecular complexity index is 1140. The van der Waals surface area contributed by atoms with E-state index in [0.717, 1.165) is 35.5 Å². The van der Waals surface area contributed by atoms with Gasteiger partial charge in [-0.25, -0.2) is 0 Å². The highest BCUT2D eigenvalue weighted by Crippen LogP contribution is 2.28. The second-order valence-electron chi connectivity index (χ2n) is 12.2. The molecule has 0 amide bonds. The first-order chi connectivity index (χ1) is 21.2. The molecule has 0 aliphatic heterocycles. The van der Waals surface area contributed by atoms with E-state index >= 15 is 0 Å². The number of unbranched alkanes of at least 4 members (excludes halogenated alkanes) is 14. The summed E-state index contributed by atoms with van der Waals surface area (Å²) in [6.45, 7) is 5.27. The van der Waals surface area contributed by atoms with Gasteiger partial charge in [-0.3, -0.25) is 0 Å². The quantitative estimate of drug-likeness (QED) is 0.106. The number of phenols is 1. The van der Waals surface area contributed by atoms with E-state index in [1.807, 2.05) is 24.3 Å². The van der Waals surface area contributed by atoms with Gasteiger partial charge in [0, 0.05) is 5.56 Å². The third-order valence-electron chi connectivity index (χ3n) is 8.55. The minimum Gasteiger partial charge on any atom is -0.508 e. The largest absolute Gasteiger partial charge is 0.508 e. The van der Waals surface area contributed by atoms with Crippen LogP contribution >= 0.6 is 0 Å². The number of hydrogen-bond acceptors (Lipinski definition) is 3. The zero-order chi connectivity index (χ0) is 30.4. The molecule has 0 unspecified atom stereocenters. The fraction of sp³-hybridized carbons (Fsp3) is 0.550. The molecule has 0 aromatic heterocycles. The van der Waals surface area contributed by atoms with Crippen LogP contribution in [0.25, 0.3) is 0 Å². The van der Waals surface area contributed by atoms with Crippen molar-refractivity contribution < 1.29 is 14.6 Å². The minimum absolute atomic E-state index is 0.258. The van der Waals surface area contributed by atoms with Gasteiger partial charge >= 0.3 is 0 Å². The molecule has 3 aromatic carbocycles. The molecule has 1 N–H and O–H groups in total. The van der Waals surface area contributed by atoms with Gasteiger partial charge in [-0.1, -0.05) is 152 Å². The van der Waals surface area contributed by atoms with Gasteiger partial charge in [0.15, 0.2) is 0 Å². The maximum atomic E-state index is 10.8. The molecule has 43 heavy (non-hydrogen) atoms. The molecule has 0 aliphatic rings. The molecule has 3 nitrogen and oxygen atoms in total. The number of rotatable bonds is 24. The molecule has 0 aliphatic carbocycles. The van der Waals surface area contributed by atoms with Crippen LogP contribution in [0.1, 0.15) is 139 Å². The molecule has 3 heteroatoms. The van der Waals surface area contributed by atoms with Gasteiger partial charge in [0.05, 0.1) is 0 Å². The van der Waals surface area contributed by atoms with Crippen molar-refractivity contribution in [1.82, 2.24) is 0 Å². The molecule has 3 aromatic rings. The van der Waals surface area contributed by atoms with Crippen molar-refractivity contribution in [3.05, 3.63) is 89.0 Å². The van der Waals surface area contributed by atoms with Crippen molar-refractivity contribution in [2.75, 3.05) is 0 Å². The Morgan fingerprint density at radius 2 is 0.860 bits per heavy atom. The fourth-order valence-electron chi connectivity index (χ4n) is 5.83. The predicted octanol–water partition coefficient (Wildman–Crippen LogP) is 11.9. The number of hydrogen-bond donors (Lipinski definition) is 1. The van der Waals surface area contributed by atoms with E-state index in [0.29, 0.717) is 13.2 Å². The Morgan fingerprint density at radius 1 is 0.442 bits per heavy atom. The predicted molar refractivity (Wildman–Crippen MR) is 182 cm³/mol. The summed E-state index contributed by atoms with van der Waals surface area (Å²) in [5.41, 5.74) is 4.27. The summed E-state index contributed by atoms with van der Waals surface area (Å²) in [5.74, 6) is 2.11. The average molecular weight is 587 g/mol. The van der Waals surface area contributed by atoms with Crippen LogP contribution in [-0.4, -0.2) is 5.11 Å². The Labute approximate surface area is 263 Å². The lowest BCUT2D eigenvalue weighted by Gasteiger charge is -2.17. The zero-order valence-electron chi connectivity index (χ0n) is 27.3. The van der Waals surface area contributed by atoms with Gasteiger partial charge in [-0.15, -0.1) is 0 Å². The van der Waals surface area contributed by atoms with Crippen molar-refractivity contribution in [2.24, 2.45) is 0 Å². The van der Waals surface area contributed by atoms with Crippen LogP contribution in [0.4, 0.5) is 0 Å². The Kier molecular flexibility index (Phi) is 17.4. The van der Waals surface area contributed by atoms with Crippen molar-refractivity contribution in [1.29, 1.82) is 0 Å². The number of phenolic OH excluding ortho intramolecular Hbond substituents is 1. The number of para-hydroxylation sites is 2. The summed E-state index contributed by atoms with van der Waals surface area (Å²) in [4.78, 5) is 0. The molecule has 0 bridgehead atoms. The summed E-state index contributed by atoms with van der Waals surface area (Å²) in [6.07, 6.45) is 23.1. The van der Waals surface area contributed by atoms with Crippen molar-refractivity contribution in [3.8, 4) is 17.2 Å². The fourth-order valence-corrected chi connectivity index (χ4v) is 5.83. The van der Waals surface area contributed by atoms with Crippen LogP contribution in [0.3, 0.4) is 0 Å². The zero-order valence-corrected chi connectivity index (χ0v) is 27.3. The van der Waals surface area contributed by atoms with Gasteiger partial charge in [0.25, 0.3) is 0 Å². The van der Waals surface area contributed by atoms with Crippen LogP contribution < -0.4 is 9.47 Å². The molecular weight excluding hydrogens is 528 g/mol. The van der Waals surface area contributed by atoms with Gasteiger partial charge in [0.2, 0.25) is 0 Å². The van der Waals surface area contributed by atoms with Crippen LogP contribution in [0.15, 0.2) is 66.7 Å². The smallest absolute Gasteiger partial charge is 0.123 e. The highest BCUT2D eigenvalue weighted by molar-refractivity contribution is 5.41. The van der Waals surface area contributed by atoms with Crippen LogP contribution in [0.2, 0.25) is 0 Å². The van der Waals surface area contributed by atoms with Gasteiger partial charge < -0.3 is 14.6 Å². The second-order valence-corrected chi connectivity index (χ2v) is 12.2. The van der Waals surface area contributed by atoms with E-state index in [9.17, 15) is 5.11 Å². The van der Waals surface area contributed by atoms with Gasteiger partial charge in [-0.2, -0.15) is 0 Å². The first kappa shape index (κ1) is 34.5. The highest BCUT2D eigenvalue weighted by atomic mass is 16.5. The molecule has 0 heterocycles. The number of aromatic hydroxyl groups is 1. The summed E-state index contributed by atoms with van der Waals surface area (Å²) in [5, 5.41) is 10.8. The molecule has 3 rings (SSSR count). The minimum atomic E-state index is 0.258. The van der Waals surface area contributed by atoms with E-state index in [2.05, 4.69) is 50.2 Å². The standard InChI is InChI=1S/C40H58O3/c1-3-5-7-9-11-13-15-17-24-34-26-19-21-30-39(34)42-32-36-28-23-29-38(41)37(36)33-43-40-31-22-20-27-35(40)25-18-16-14-12-10-8-6-4-2/h19-23,26-31,41H,3-18,24-25,32-33H2,1-2H3. The third-order valence-corrected chi connectivity index (χ3v) is 8.55. The topological polar surface area (TPSA) is 38.7 Å². The number of aryl methyl sites for hydroxylation is 2. The van der Waals surface area contributed by atoms with E-state index in [1.54, 1.807) is 6.07 Å². The number of ether oxygens (including phenoxy) is 2. The Morgan fingerprint density at radius 3 is 1.37 bits per heavy atom. The molecule has 0 radical (unpaired) electrons. The normalized spacial score (nSPS) is 11.1. The summed E-state index contributed by atoms with van der Waals surface area (Å²) in [6, 6.07) is 22.4. The summed E-state index contributed by atoms with van der Waals surface area (Å²) < 4.78 is 12.7. The van der Waals surface area contributed by atoms with Gasteiger partial charge in [-0.05, 0) is 60.6 Å². The average Bonchev–Trinajstić information content (AvgIpc) is 3.03. The monoisotopic (exact) mass is 586 g/mol. The molecular formula is C40H58O3. The van der Waals surface area contributed by atoms with Crippen LogP contribution in [-0.2, 0) is 26.1 Å². The number of benzene rings is 3. The molecule has 0 saturated heterocycles. The molecule has 0 saturated carbocycles. The molecule has 0 atom stereocenters. The molecule has 0 fully saturated rings. The van der Waals surface area contributed by atoms with Crippen molar-refractivity contribution in [2.45, 2.75) is 143 Å². The lowest BCUT2D eigenvalue weighted by molar-refractivity contribution is 0.277. The van der Waals surface area contributed by atoms with Crippen LogP contribution in [0.5, 0.6) is 17.2 Å². The first-order valence-electron chi connectivity index (χ1n) is 17.4.